The van der Waals surface area contributed by atoms with Gasteiger partial charge in [-0.05, 0) is 19.1 Å². The number of nitrogen functional groups attached to an aromatic ring is 1. The minimum atomic E-state index is -0.970. The number of nitro groups is 1. The van der Waals surface area contributed by atoms with Gasteiger partial charge < -0.3 is 11.1 Å². The van der Waals surface area contributed by atoms with E-state index >= 15 is 0 Å². The highest BCUT2D eigenvalue weighted by Crippen LogP contribution is 2.30. The van der Waals surface area contributed by atoms with E-state index in [1.807, 2.05) is 0 Å². The number of nitro benzene ring substituents is 1. The van der Waals surface area contributed by atoms with Crippen LogP contribution in [0.2, 0.25) is 0 Å². The Labute approximate surface area is 102 Å². The Hall–Kier alpha value is -1.63. The highest BCUT2D eigenvalue weighted by Gasteiger charge is 2.18. The molecule has 0 spiro atoms. The molecule has 0 fully saturated rings. The Morgan fingerprint density at radius 2 is 2.24 bits per heavy atom. The smallest absolute Gasteiger partial charge is 0.314 e. The number of anilines is 2. The summed E-state index contributed by atoms with van der Waals surface area (Å²) in [4.78, 5) is 10.3. The molecule has 2 unspecified atom stereocenters. The van der Waals surface area contributed by atoms with Crippen molar-refractivity contribution < 1.29 is 9.13 Å². The number of hydrogen-bond acceptors (Lipinski definition) is 5. The molecule has 17 heavy (non-hydrogen) atoms. The van der Waals surface area contributed by atoms with Gasteiger partial charge in [-0.1, -0.05) is 6.07 Å². The van der Waals surface area contributed by atoms with Gasteiger partial charge in [0.1, 0.15) is 11.4 Å². The lowest BCUT2D eigenvalue weighted by Crippen LogP contribution is -2.21. The van der Waals surface area contributed by atoms with Crippen molar-refractivity contribution in [3.63, 3.8) is 0 Å². The van der Waals surface area contributed by atoms with Gasteiger partial charge in [-0.2, -0.15) is 0 Å². The Morgan fingerprint density at radius 1 is 1.59 bits per heavy atom. The van der Waals surface area contributed by atoms with Crippen molar-refractivity contribution in [1.82, 2.24) is 0 Å². The zero-order valence-electron chi connectivity index (χ0n) is 9.67. The van der Waals surface area contributed by atoms with Crippen molar-refractivity contribution in [2.45, 2.75) is 12.2 Å². The van der Waals surface area contributed by atoms with Crippen LogP contribution in [0.15, 0.2) is 18.2 Å². The summed E-state index contributed by atoms with van der Waals surface area (Å²) in [5, 5.41) is 13.7. The Bertz CT molecular complexity index is 450. The number of nitrogens with zero attached hydrogens (tertiary/aromatic N) is 1. The van der Waals surface area contributed by atoms with Gasteiger partial charge in [0.25, 0.3) is 0 Å². The van der Waals surface area contributed by atoms with E-state index < -0.39 is 15.7 Å². The lowest BCUT2D eigenvalue weighted by molar-refractivity contribution is -0.383. The summed E-state index contributed by atoms with van der Waals surface area (Å²) in [5.41, 5.74) is 5.88. The number of benzene rings is 1. The van der Waals surface area contributed by atoms with Gasteiger partial charge in [-0.15, -0.1) is 0 Å². The molecule has 0 saturated heterocycles. The van der Waals surface area contributed by atoms with E-state index in [2.05, 4.69) is 5.32 Å². The predicted octanol–water partition coefficient (Wildman–Crippen LogP) is 1.36. The SMILES string of the molecule is CC(CNc1cccc(N)c1[N+](=O)[O-])S(C)=O. The average Bonchev–Trinajstić information content (AvgIpc) is 2.24. The van der Waals surface area contributed by atoms with Crippen molar-refractivity contribution in [3.8, 4) is 0 Å². The molecule has 0 saturated carbocycles. The normalized spacial score (nSPS) is 14.0. The Balaban J connectivity index is 2.88. The quantitative estimate of drug-likeness (QED) is 0.471. The maximum absolute atomic E-state index is 11.2. The van der Waals surface area contributed by atoms with Crippen molar-refractivity contribution in [3.05, 3.63) is 28.3 Å². The highest BCUT2D eigenvalue weighted by atomic mass is 32.2. The first-order valence-electron chi connectivity index (χ1n) is 5.02. The first-order valence-corrected chi connectivity index (χ1v) is 6.64. The molecule has 0 heterocycles. The Morgan fingerprint density at radius 3 is 2.76 bits per heavy atom. The highest BCUT2D eigenvalue weighted by molar-refractivity contribution is 7.84. The monoisotopic (exact) mass is 257 g/mol. The molecule has 1 aromatic rings. The predicted molar refractivity (Wildman–Crippen MR) is 69.5 cm³/mol. The van der Waals surface area contributed by atoms with Crippen LogP contribution in [-0.2, 0) is 10.8 Å². The fourth-order valence-electron chi connectivity index (χ4n) is 1.28. The van der Waals surface area contributed by atoms with Gasteiger partial charge in [0.2, 0.25) is 0 Å². The molecule has 2 atom stereocenters. The maximum Gasteiger partial charge on any atom is 0.314 e. The minimum Gasteiger partial charge on any atom is -0.393 e. The van der Waals surface area contributed by atoms with Crippen LogP contribution in [0.3, 0.4) is 0 Å². The van der Waals surface area contributed by atoms with Gasteiger partial charge in [-0.3, -0.25) is 14.3 Å². The molecular weight excluding hydrogens is 242 g/mol. The average molecular weight is 257 g/mol. The third kappa shape index (κ3) is 3.42. The second kappa shape index (κ2) is 5.62. The van der Waals surface area contributed by atoms with Gasteiger partial charge in [-0.25, -0.2) is 0 Å². The molecule has 7 heteroatoms. The molecule has 0 aliphatic rings. The van der Waals surface area contributed by atoms with Crippen LogP contribution in [0.5, 0.6) is 0 Å². The lowest BCUT2D eigenvalue weighted by Gasteiger charge is -2.11. The summed E-state index contributed by atoms with van der Waals surface area (Å²) in [6.07, 6.45) is 1.60. The molecule has 94 valence electrons. The van der Waals surface area contributed by atoms with E-state index in [1.165, 1.54) is 6.07 Å². The first-order chi connectivity index (χ1) is 7.93. The molecule has 1 rings (SSSR count). The van der Waals surface area contributed by atoms with Crippen molar-refractivity contribution in [1.29, 1.82) is 0 Å². The number of nitrogens with one attached hydrogen (secondary N) is 1. The van der Waals surface area contributed by atoms with Crippen LogP contribution >= 0.6 is 0 Å². The van der Waals surface area contributed by atoms with Crippen LogP contribution in [-0.4, -0.2) is 27.2 Å². The molecule has 0 bridgehead atoms. The summed E-state index contributed by atoms with van der Waals surface area (Å²) >= 11 is 0. The van der Waals surface area contributed by atoms with Crippen LogP contribution < -0.4 is 11.1 Å². The lowest BCUT2D eigenvalue weighted by atomic mass is 10.2. The van der Waals surface area contributed by atoms with E-state index in [9.17, 15) is 14.3 Å². The van der Waals surface area contributed by atoms with Crippen LogP contribution in [0.4, 0.5) is 17.1 Å². The number of nitrogens with two attached hydrogens (primary N) is 1. The fraction of sp³-hybridized carbons (Fsp3) is 0.400. The van der Waals surface area contributed by atoms with Crippen LogP contribution in [0.1, 0.15) is 6.92 Å². The molecule has 0 aliphatic heterocycles. The first kappa shape index (κ1) is 13.4. The van der Waals surface area contributed by atoms with Gasteiger partial charge in [0.05, 0.1) is 4.92 Å². The van der Waals surface area contributed by atoms with E-state index in [4.69, 9.17) is 5.73 Å². The van der Waals surface area contributed by atoms with Gasteiger partial charge in [0.15, 0.2) is 0 Å². The van der Waals surface area contributed by atoms with Crippen molar-refractivity contribution >= 4 is 27.9 Å². The molecule has 0 radical (unpaired) electrons. The molecule has 0 aromatic heterocycles. The molecule has 0 amide bonds. The molecule has 1 aromatic carbocycles. The maximum atomic E-state index is 11.2. The molecular formula is C10H15N3O3S. The van der Waals surface area contributed by atoms with Crippen molar-refractivity contribution in [2.75, 3.05) is 23.9 Å². The summed E-state index contributed by atoms with van der Waals surface area (Å²) in [6, 6.07) is 4.70. The zero-order chi connectivity index (χ0) is 13.0. The fourth-order valence-corrected chi connectivity index (χ4v) is 1.60. The summed E-state index contributed by atoms with van der Waals surface area (Å²) in [5.74, 6) is 0. The van der Waals surface area contributed by atoms with E-state index in [-0.39, 0.29) is 16.6 Å². The number of rotatable bonds is 5. The third-order valence-corrected chi connectivity index (χ3v) is 3.70. The van der Waals surface area contributed by atoms with Gasteiger partial charge >= 0.3 is 5.69 Å². The largest absolute Gasteiger partial charge is 0.393 e. The topological polar surface area (TPSA) is 98.3 Å². The van der Waals surface area contributed by atoms with E-state index in [0.29, 0.717) is 12.2 Å². The summed E-state index contributed by atoms with van der Waals surface area (Å²) < 4.78 is 11.2. The summed E-state index contributed by atoms with van der Waals surface area (Å²) in [7, 11) is -0.970. The number of para-hydroxylation sites is 1. The van der Waals surface area contributed by atoms with E-state index in [0.717, 1.165) is 0 Å². The standard InChI is InChI=1S/C10H15N3O3S/c1-7(17(2)16)6-12-9-5-3-4-8(11)10(9)13(14)15/h3-5,7,12H,6,11H2,1-2H3. The molecule has 3 N–H and O–H groups in total. The van der Waals surface area contributed by atoms with E-state index in [1.54, 1.807) is 25.3 Å². The van der Waals surface area contributed by atoms with Gasteiger partial charge in [0, 0.05) is 28.9 Å². The number of hydrogen-bond donors (Lipinski definition) is 2. The summed E-state index contributed by atoms with van der Waals surface area (Å²) in [6.45, 7) is 2.20. The molecule has 6 nitrogen and oxygen atoms in total. The third-order valence-electron chi connectivity index (χ3n) is 2.40. The minimum absolute atomic E-state index is 0.0870. The van der Waals surface area contributed by atoms with Crippen LogP contribution in [0, 0.1) is 10.1 Å². The van der Waals surface area contributed by atoms with Crippen LogP contribution in [0.25, 0.3) is 0 Å². The van der Waals surface area contributed by atoms with Crippen molar-refractivity contribution in [2.24, 2.45) is 0 Å². The second-order valence-electron chi connectivity index (χ2n) is 3.69. The Kier molecular flexibility index (Phi) is 4.45. The second-order valence-corrected chi connectivity index (χ2v) is 5.49. The molecule has 0 aliphatic carbocycles. The zero-order valence-corrected chi connectivity index (χ0v) is 10.5.